The van der Waals surface area contributed by atoms with Crippen LogP contribution in [0.5, 0.6) is 0 Å². The third-order valence-corrected chi connectivity index (χ3v) is 4.88. The van der Waals surface area contributed by atoms with E-state index in [1.807, 2.05) is 18.7 Å². The first-order chi connectivity index (χ1) is 9.58. The van der Waals surface area contributed by atoms with Crippen molar-refractivity contribution in [2.75, 3.05) is 39.3 Å². The monoisotopic (exact) mass is 283 g/mol. The standard InChI is InChI=1S/C15H29N3O2/c1-3-15(20,4-2)12-17-8-10-18(11-9-17)14(19)13-6-5-7-16-13/h13,16,20H,3-12H2,1-2H3. The maximum atomic E-state index is 12.3. The van der Waals surface area contributed by atoms with Crippen LogP contribution in [-0.2, 0) is 4.79 Å². The summed E-state index contributed by atoms with van der Waals surface area (Å²) in [4.78, 5) is 16.6. The Hall–Kier alpha value is -0.650. The number of rotatable bonds is 5. The number of aliphatic hydroxyl groups is 1. The summed E-state index contributed by atoms with van der Waals surface area (Å²) in [5.74, 6) is 0.267. The minimum Gasteiger partial charge on any atom is -0.389 e. The number of amides is 1. The lowest BCUT2D eigenvalue weighted by molar-refractivity contribution is -0.135. The van der Waals surface area contributed by atoms with Gasteiger partial charge in [0.1, 0.15) is 0 Å². The van der Waals surface area contributed by atoms with E-state index < -0.39 is 5.60 Å². The van der Waals surface area contributed by atoms with Crippen molar-refractivity contribution in [3.05, 3.63) is 0 Å². The first-order valence-corrected chi connectivity index (χ1v) is 8.05. The number of hydrogen-bond acceptors (Lipinski definition) is 4. The van der Waals surface area contributed by atoms with Crippen LogP contribution in [0.25, 0.3) is 0 Å². The van der Waals surface area contributed by atoms with Crippen molar-refractivity contribution in [2.24, 2.45) is 0 Å². The fourth-order valence-corrected chi connectivity index (χ4v) is 3.13. The summed E-state index contributed by atoms with van der Waals surface area (Å²) in [6.07, 6.45) is 3.66. The average Bonchev–Trinajstić information content (AvgIpc) is 3.01. The second-order valence-corrected chi connectivity index (χ2v) is 6.18. The molecule has 1 unspecified atom stereocenters. The van der Waals surface area contributed by atoms with Crippen LogP contribution in [0.1, 0.15) is 39.5 Å². The number of piperazine rings is 1. The van der Waals surface area contributed by atoms with Gasteiger partial charge in [-0.1, -0.05) is 13.8 Å². The molecule has 5 heteroatoms. The van der Waals surface area contributed by atoms with Crippen molar-refractivity contribution < 1.29 is 9.90 Å². The molecule has 2 fully saturated rings. The van der Waals surface area contributed by atoms with E-state index in [1.54, 1.807) is 0 Å². The van der Waals surface area contributed by atoms with Crippen molar-refractivity contribution in [3.63, 3.8) is 0 Å². The van der Waals surface area contributed by atoms with Gasteiger partial charge in [-0.15, -0.1) is 0 Å². The van der Waals surface area contributed by atoms with Crippen LogP contribution < -0.4 is 5.32 Å². The third kappa shape index (κ3) is 3.71. The molecule has 0 aromatic carbocycles. The van der Waals surface area contributed by atoms with Crippen molar-refractivity contribution in [2.45, 2.75) is 51.2 Å². The van der Waals surface area contributed by atoms with Gasteiger partial charge < -0.3 is 15.3 Å². The van der Waals surface area contributed by atoms with Gasteiger partial charge in [0.15, 0.2) is 0 Å². The minimum atomic E-state index is -0.570. The van der Waals surface area contributed by atoms with Gasteiger partial charge in [-0.3, -0.25) is 9.69 Å². The Morgan fingerprint density at radius 1 is 1.25 bits per heavy atom. The normalized spacial score (nSPS) is 25.1. The Morgan fingerprint density at radius 3 is 2.40 bits per heavy atom. The van der Waals surface area contributed by atoms with Gasteiger partial charge in [-0.25, -0.2) is 0 Å². The van der Waals surface area contributed by atoms with Gasteiger partial charge >= 0.3 is 0 Å². The van der Waals surface area contributed by atoms with E-state index in [9.17, 15) is 9.90 Å². The summed E-state index contributed by atoms with van der Waals surface area (Å²) in [5.41, 5.74) is -0.570. The summed E-state index contributed by atoms with van der Waals surface area (Å²) in [7, 11) is 0. The van der Waals surface area contributed by atoms with E-state index in [-0.39, 0.29) is 11.9 Å². The fourth-order valence-electron chi connectivity index (χ4n) is 3.13. The predicted molar refractivity (Wildman–Crippen MR) is 79.6 cm³/mol. The highest BCUT2D eigenvalue weighted by atomic mass is 16.3. The van der Waals surface area contributed by atoms with Gasteiger partial charge in [0.2, 0.25) is 5.91 Å². The molecule has 0 aliphatic carbocycles. The van der Waals surface area contributed by atoms with Crippen LogP contribution in [0.4, 0.5) is 0 Å². The molecule has 2 aliphatic rings. The first-order valence-electron chi connectivity index (χ1n) is 8.05. The summed E-state index contributed by atoms with van der Waals surface area (Å²) in [5, 5.41) is 13.7. The van der Waals surface area contributed by atoms with E-state index in [2.05, 4.69) is 10.2 Å². The number of nitrogens with one attached hydrogen (secondary N) is 1. The number of carbonyl (C=O) groups excluding carboxylic acids is 1. The van der Waals surface area contributed by atoms with Crippen LogP contribution in [-0.4, -0.2) is 71.7 Å². The number of β-amino-alcohol motifs (C(OH)–C–C–N with tert-alkyl or cyclic N) is 1. The molecule has 2 N–H and O–H groups in total. The van der Waals surface area contributed by atoms with Crippen LogP contribution in [0.15, 0.2) is 0 Å². The summed E-state index contributed by atoms with van der Waals surface area (Å²) >= 11 is 0. The summed E-state index contributed by atoms with van der Waals surface area (Å²) in [6.45, 7) is 9.10. The SMILES string of the molecule is CCC(O)(CC)CN1CCN(C(=O)C2CCCN2)CC1. The maximum absolute atomic E-state index is 12.3. The molecule has 1 amide bonds. The Balaban J connectivity index is 1.78. The van der Waals surface area contributed by atoms with Gasteiger partial charge in [-0.05, 0) is 32.2 Å². The molecule has 116 valence electrons. The van der Waals surface area contributed by atoms with Gasteiger partial charge in [0, 0.05) is 32.7 Å². The average molecular weight is 283 g/mol. The van der Waals surface area contributed by atoms with Crippen molar-refractivity contribution >= 4 is 5.91 Å². The Labute approximate surface area is 122 Å². The third-order valence-electron chi connectivity index (χ3n) is 4.88. The zero-order chi connectivity index (χ0) is 14.6. The molecule has 20 heavy (non-hydrogen) atoms. The molecule has 5 nitrogen and oxygen atoms in total. The smallest absolute Gasteiger partial charge is 0.239 e. The van der Waals surface area contributed by atoms with E-state index in [0.717, 1.165) is 65.0 Å². The van der Waals surface area contributed by atoms with Crippen molar-refractivity contribution in [1.82, 2.24) is 15.1 Å². The number of nitrogens with zero attached hydrogens (tertiary/aromatic N) is 2. The maximum Gasteiger partial charge on any atom is 0.239 e. The van der Waals surface area contributed by atoms with Gasteiger partial charge in [0.05, 0.1) is 11.6 Å². The Bertz CT molecular complexity index is 317. The zero-order valence-electron chi connectivity index (χ0n) is 12.9. The summed E-state index contributed by atoms with van der Waals surface area (Å²) in [6, 6.07) is 0.0461. The topological polar surface area (TPSA) is 55.8 Å². The highest BCUT2D eigenvalue weighted by Gasteiger charge is 2.31. The Kier molecular flexibility index (Phi) is 5.41. The molecule has 1 atom stereocenters. The van der Waals surface area contributed by atoms with Gasteiger partial charge in [0.25, 0.3) is 0 Å². The van der Waals surface area contributed by atoms with Crippen LogP contribution >= 0.6 is 0 Å². The molecule has 0 radical (unpaired) electrons. The first kappa shape index (κ1) is 15.7. The van der Waals surface area contributed by atoms with Crippen molar-refractivity contribution in [3.8, 4) is 0 Å². The molecule has 2 aliphatic heterocycles. The fraction of sp³-hybridized carbons (Fsp3) is 0.933. The Morgan fingerprint density at radius 2 is 1.90 bits per heavy atom. The second kappa shape index (κ2) is 6.87. The summed E-state index contributed by atoms with van der Waals surface area (Å²) < 4.78 is 0. The van der Waals surface area contributed by atoms with Crippen molar-refractivity contribution in [1.29, 1.82) is 0 Å². The molecule has 0 bridgehead atoms. The van der Waals surface area contributed by atoms with E-state index in [0.29, 0.717) is 0 Å². The lowest BCUT2D eigenvalue weighted by Gasteiger charge is -2.39. The molecular formula is C15H29N3O2. The largest absolute Gasteiger partial charge is 0.389 e. The molecule has 0 saturated carbocycles. The molecular weight excluding hydrogens is 254 g/mol. The lowest BCUT2D eigenvalue weighted by atomic mass is 9.96. The molecule has 2 heterocycles. The predicted octanol–water partition coefficient (Wildman–Crippen LogP) is 0.434. The number of carbonyl (C=O) groups is 1. The molecule has 0 aromatic rings. The minimum absolute atomic E-state index is 0.0461. The highest BCUT2D eigenvalue weighted by Crippen LogP contribution is 2.18. The lowest BCUT2D eigenvalue weighted by Crippen LogP contribution is -2.55. The van der Waals surface area contributed by atoms with Crippen LogP contribution in [0.2, 0.25) is 0 Å². The second-order valence-electron chi connectivity index (χ2n) is 6.18. The molecule has 0 aromatic heterocycles. The number of hydrogen-bond donors (Lipinski definition) is 2. The van der Waals surface area contributed by atoms with Crippen LogP contribution in [0, 0.1) is 0 Å². The zero-order valence-corrected chi connectivity index (χ0v) is 12.9. The van der Waals surface area contributed by atoms with E-state index in [1.165, 1.54) is 0 Å². The molecule has 2 saturated heterocycles. The van der Waals surface area contributed by atoms with E-state index in [4.69, 9.17) is 0 Å². The molecule has 2 rings (SSSR count). The quantitative estimate of drug-likeness (QED) is 0.768. The molecule has 0 spiro atoms. The van der Waals surface area contributed by atoms with Gasteiger partial charge in [-0.2, -0.15) is 0 Å². The van der Waals surface area contributed by atoms with Crippen LogP contribution in [0.3, 0.4) is 0 Å². The highest BCUT2D eigenvalue weighted by molar-refractivity contribution is 5.82. The van der Waals surface area contributed by atoms with E-state index >= 15 is 0 Å².